The average Bonchev–Trinajstić information content (AvgIpc) is 2.73. The minimum atomic E-state index is -0.417. The van der Waals surface area contributed by atoms with Crippen LogP contribution in [0.5, 0.6) is 0 Å². The second-order valence-corrected chi connectivity index (χ2v) is 8.09. The summed E-state index contributed by atoms with van der Waals surface area (Å²) in [5, 5.41) is 2.73. The van der Waals surface area contributed by atoms with E-state index in [9.17, 15) is 14.4 Å². The maximum absolute atomic E-state index is 13.3. The SMILES string of the molecule is CN1CCN(C2=C(NC(=O)c3ccc(Br)cc3)C(=O)c3ccccc3C2=O)CC1. The summed E-state index contributed by atoms with van der Waals surface area (Å²) < 4.78 is 0.851. The largest absolute Gasteiger partial charge is 0.364 e. The molecular formula is C22H20BrN3O3. The first-order valence-electron chi connectivity index (χ1n) is 9.39. The molecule has 1 fully saturated rings. The van der Waals surface area contributed by atoms with Gasteiger partial charge in [0.05, 0.1) is 0 Å². The Morgan fingerprint density at radius 1 is 0.897 bits per heavy atom. The number of Topliss-reactive ketones (excluding diaryl/α,β-unsaturated/α-hetero) is 2. The Balaban J connectivity index is 1.75. The van der Waals surface area contributed by atoms with Crippen LogP contribution in [0.1, 0.15) is 31.1 Å². The highest BCUT2D eigenvalue weighted by atomic mass is 79.9. The number of halogens is 1. The summed E-state index contributed by atoms with van der Waals surface area (Å²) in [6.45, 7) is 2.79. The molecule has 1 aliphatic carbocycles. The predicted octanol–water partition coefficient (Wildman–Crippen LogP) is 2.72. The monoisotopic (exact) mass is 453 g/mol. The van der Waals surface area contributed by atoms with Gasteiger partial charge in [0.15, 0.2) is 0 Å². The molecule has 2 aromatic rings. The smallest absolute Gasteiger partial charge is 0.255 e. The molecule has 1 saturated heterocycles. The number of carbonyl (C=O) groups excluding carboxylic acids is 3. The molecule has 2 aromatic carbocycles. The van der Waals surface area contributed by atoms with Crippen molar-refractivity contribution in [1.82, 2.24) is 15.1 Å². The van der Waals surface area contributed by atoms with Crippen molar-refractivity contribution in [3.63, 3.8) is 0 Å². The van der Waals surface area contributed by atoms with Crippen molar-refractivity contribution in [1.29, 1.82) is 0 Å². The van der Waals surface area contributed by atoms with E-state index in [0.717, 1.165) is 17.6 Å². The second-order valence-electron chi connectivity index (χ2n) is 7.18. The van der Waals surface area contributed by atoms with Gasteiger partial charge < -0.3 is 15.1 Å². The first kappa shape index (κ1) is 19.5. The number of ketones is 2. The van der Waals surface area contributed by atoms with Crippen LogP contribution in [0.15, 0.2) is 64.4 Å². The van der Waals surface area contributed by atoms with Crippen LogP contribution >= 0.6 is 15.9 Å². The van der Waals surface area contributed by atoms with Gasteiger partial charge in [0.2, 0.25) is 11.6 Å². The van der Waals surface area contributed by atoms with Gasteiger partial charge in [-0.25, -0.2) is 0 Å². The number of rotatable bonds is 3. The molecule has 0 bridgehead atoms. The Labute approximate surface area is 177 Å². The van der Waals surface area contributed by atoms with Gasteiger partial charge in [0.25, 0.3) is 5.91 Å². The number of fused-ring (bicyclic) bond motifs is 1. The van der Waals surface area contributed by atoms with Crippen molar-refractivity contribution in [3.8, 4) is 0 Å². The van der Waals surface area contributed by atoms with Crippen LogP contribution in [0.3, 0.4) is 0 Å². The zero-order valence-electron chi connectivity index (χ0n) is 15.9. The highest BCUT2D eigenvalue weighted by Crippen LogP contribution is 2.28. The van der Waals surface area contributed by atoms with Crippen molar-refractivity contribution < 1.29 is 14.4 Å². The van der Waals surface area contributed by atoms with Gasteiger partial charge in [-0.1, -0.05) is 40.2 Å². The molecule has 1 heterocycles. The summed E-state index contributed by atoms with van der Waals surface area (Å²) >= 11 is 3.34. The van der Waals surface area contributed by atoms with Crippen molar-refractivity contribution in [2.75, 3.05) is 33.2 Å². The second kappa shape index (κ2) is 7.93. The molecule has 2 aliphatic rings. The first-order valence-corrected chi connectivity index (χ1v) is 10.2. The Kier molecular flexibility index (Phi) is 5.34. The van der Waals surface area contributed by atoms with Gasteiger partial charge in [0, 0.05) is 47.3 Å². The third-order valence-electron chi connectivity index (χ3n) is 5.26. The van der Waals surface area contributed by atoms with Crippen LogP contribution in [0.25, 0.3) is 0 Å². The minimum absolute atomic E-state index is 0.0613. The summed E-state index contributed by atoms with van der Waals surface area (Å²) in [6, 6.07) is 13.6. The summed E-state index contributed by atoms with van der Waals surface area (Å²) in [4.78, 5) is 43.4. The molecule has 7 heteroatoms. The van der Waals surface area contributed by atoms with Crippen molar-refractivity contribution in [2.24, 2.45) is 0 Å². The lowest BCUT2D eigenvalue weighted by atomic mass is 9.89. The van der Waals surface area contributed by atoms with Gasteiger partial charge in [0.1, 0.15) is 11.4 Å². The molecule has 6 nitrogen and oxygen atoms in total. The Bertz CT molecular complexity index is 1020. The van der Waals surface area contributed by atoms with Crippen molar-refractivity contribution >= 4 is 33.4 Å². The highest BCUT2D eigenvalue weighted by molar-refractivity contribution is 9.10. The highest BCUT2D eigenvalue weighted by Gasteiger charge is 2.36. The number of likely N-dealkylation sites (N-methyl/N-ethyl adjacent to an activating group) is 1. The number of hydrogen-bond acceptors (Lipinski definition) is 5. The number of nitrogens with zero attached hydrogens (tertiary/aromatic N) is 2. The van der Waals surface area contributed by atoms with E-state index in [2.05, 4.69) is 26.1 Å². The third-order valence-corrected chi connectivity index (χ3v) is 5.79. The van der Waals surface area contributed by atoms with Crippen LogP contribution < -0.4 is 5.32 Å². The Hall–Kier alpha value is -2.77. The van der Waals surface area contributed by atoms with E-state index in [1.165, 1.54) is 0 Å². The summed E-state index contributed by atoms with van der Waals surface area (Å²) in [7, 11) is 2.02. The zero-order valence-corrected chi connectivity index (χ0v) is 17.5. The van der Waals surface area contributed by atoms with E-state index in [1.807, 2.05) is 11.9 Å². The molecule has 0 radical (unpaired) electrons. The average molecular weight is 454 g/mol. The lowest BCUT2D eigenvalue weighted by Crippen LogP contribution is -2.48. The Morgan fingerprint density at radius 2 is 1.48 bits per heavy atom. The topological polar surface area (TPSA) is 69.7 Å². The maximum Gasteiger partial charge on any atom is 0.255 e. The molecule has 0 unspecified atom stereocenters. The van der Waals surface area contributed by atoms with E-state index in [0.29, 0.717) is 29.8 Å². The molecule has 4 rings (SSSR count). The van der Waals surface area contributed by atoms with E-state index < -0.39 is 5.91 Å². The number of hydrogen-bond donors (Lipinski definition) is 1. The molecule has 0 atom stereocenters. The predicted molar refractivity (Wildman–Crippen MR) is 113 cm³/mol. The molecule has 0 spiro atoms. The number of piperazine rings is 1. The fourth-order valence-electron chi connectivity index (χ4n) is 3.60. The molecule has 0 saturated carbocycles. The quantitative estimate of drug-likeness (QED) is 0.773. The lowest BCUT2D eigenvalue weighted by Gasteiger charge is -2.37. The zero-order chi connectivity index (χ0) is 20.5. The van der Waals surface area contributed by atoms with Gasteiger partial charge in [-0.3, -0.25) is 14.4 Å². The molecule has 1 amide bonds. The standard InChI is InChI=1S/C22H20BrN3O3/c1-25-10-12-26(13-11-25)19-18(24-22(29)14-6-8-15(23)9-7-14)20(27)16-4-2-3-5-17(16)21(19)28/h2-9H,10-13H2,1H3,(H,24,29). The number of carbonyl (C=O) groups is 3. The Morgan fingerprint density at radius 3 is 2.10 bits per heavy atom. The summed E-state index contributed by atoms with van der Waals surface area (Å²) in [5.41, 5.74) is 1.46. The number of amides is 1. The maximum atomic E-state index is 13.3. The lowest BCUT2D eigenvalue weighted by molar-refractivity contribution is 0.0885. The van der Waals surface area contributed by atoms with Crippen molar-refractivity contribution in [3.05, 3.63) is 81.1 Å². The van der Waals surface area contributed by atoms with E-state index >= 15 is 0 Å². The van der Waals surface area contributed by atoms with Crippen LogP contribution in [0.2, 0.25) is 0 Å². The minimum Gasteiger partial charge on any atom is -0.364 e. The van der Waals surface area contributed by atoms with Gasteiger partial charge in [-0.2, -0.15) is 0 Å². The summed E-state index contributed by atoms with van der Waals surface area (Å²) in [5.74, 6) is -0.977. The van der Waals surface area contributed by atoms with Crippen LogP contribution in [0.4, 0.5) is 0 Å². The fourth-order valence-corrected chi connectivity index (χ4v) is 3.86. The van der Waals surface area contributed by atoms with Gasteiger partial charge in [-0.05, 0) is 31.3 Å². The summed E-state index contributed by atoms with van der Waals surface area (Å²) in [6.07, 6.45) is 0. The molecule has 148 valence electrons. The van der Waals surface area contributed by atoms with E-state index in [1.54, 1.807) is 48.5 Å². The molecule has 1 aliphatic heterocycles. The van der Waals surface area contributed by atoms with Gasteiger partial charge in [-0.15, -0.1) is 0 Å². The molecule has 0 aromatic heterocycles. The molecular weight excluding hydrogens is 434 g/mol. The number of nitrogens with one attached hydrogen (secondary N) is 1. The van der Waals surface area contributed by atoms with Crippen LogP contribution in [-0.4, -0.2) is 60.5 Å². The number of allylic oxidation sites excluding steroid dienone is 2. The third kappa shape index (κ3) is 3.75. The molecule has 1 N–H and O–H groups in total. The molecule has 29 heavy (non-hydrogen) atoms. The van der Waals surface area contributed by atoms with E-state index in [-0.39, 0.29) is 23.0 Å². The van der Waals surface area contributed by atoms with Gasteiger partial charge >= 0.3 is 0 Å². The fraction of sp³-hybridized carbons (Fsp3) is 0.227. The van der Waals surface area contributed by atoms with E-state index in [4.69, 9.17) is 0 Å². The first-order chi connectivity index (χ1) is 14.0. The van der Waals surface area contributed by atoms with Crippen LogP contribution in [-0.2, 0) is 0 Å². The normalized spacial score (nSPS) is 17.4. The van der Waals surface area contributed by atoms with Crippen LogP contribution in [0, 0.1) is 0 Å². The number of benzene rings is 2. The van der Waals surface area contributed by atoms with Crippen molar-refractivity contribution in [2.45, 2.75) is 0 Å².